The largest absolute Gasteiger partial charge is 0.494 e. The topological polar surface area (TPSA) is 367 Å². The van der Waals surface area contributed by atoms with E-state index in [9.17, 15) is 38.4 Å². The van der Waals surface area contributed by atoms with Gasteiger partial charge in [-0.25, -0.2) is 14.8 Å². The molecule has 0 radical (unpaired) electrons. The number of nitrogens with one attached hydrogen (secondary N) is 6. The maximum absolute atomic E-state index is 14.5. The molecule has 11 rings (SSSR count). The summed E-state index contributed by atoms with van der Waals surface area (Å²) in [6.07, 6.45) is 3.57. The number of imide groups is 1. The number of unbranched alkanes of at least 4 members (excludes halogenated alkanes) is 2. The van der Waals surface area contributed by atoms with Crippen LogP contribution in [0.25, 0.3) is 44.8 Å². The molecule has 0 saturated carbocycles. The fourth-order valence-corrected chi connectivity index (χ4v) is 13.1. The molecule has 8 N–H and O–H groups in total. The minimum atomic E-state index is -0.978. The highest BCUT2D eigenvalue weighted by Crippen LogP contribution is 2.37. The van der Waals surface area contributed by atoms with Gasteiger partial charge in [0.1, 0.15) is 36.1 Å². The first-order valence-corrected chi connectivity index (χ1v) is 37.7. The zero-order valence-electron chi connectivity index (χ0n) is 63.5. The van der Waals surface area contributed by atoms with Crippen LogP contribution in [0.2, 0.25) is 0 Å². The normalized spacial score (nSPS) is 16.4. The van der Waals surface area contributed by atoms with E-state index in [4.69, 9.17) is 58.3 Å². The molecule has 1 unspecified atom stereocenters. The van der Waals surface area contributed by atoms with Gasteiger partial charge in [0.25, 0.3) is 17.7 Å². The zero-order valence-corrected chi connectivity index (χ0v) is 63.5. The van der Waals surface area contributed by atoms with Gasteiger partial charge in [0, 0.05) is 105 Å². The van der Waals surface area contributed by atoms with E-state index in [0.29, 0.717) is 68.8 Å². The molecule has 31 heteroatoms. The number of hydrogen-bond acceptors (Lipinski definition) is 22. The number of nitrogens with two attached hydrogens (primary N) is 1. The van der Waals surface area contributed by atoms with Crippen LogP contribution in [0.5, 0.6) is 17.2 Å². The van der Waals surface area contributed by atoms with Crippen LogP contribution in [0.4, 0.5) is 21.9 Å². The summed E-state index contributed by atoms with van der Waals surface area (Å²) in [6, 6.07) is 27.8. The van der Waals surface area contributed by atoms with Crippen molar-refractivity contribution in [1.29, 1.82) is 0 Å². The number of aromatic nitrogens is 4. The number of imidazole rings is 2. The number of nitrogens with zero attached hydrogens (tertiary/aromatic N) is 7. The Labute approximate surface area is 644 Å². The predicted molar refractivity (Wildman–Crippen MR) is 415 cm³/mol. The van der Waals surface area contributed by atoms with E-state index in [2.05, 4.69) is 78.9 Å². The summed E-state index contributed by atoms with van der Waals surface area (Å²) in [5.41, 5.74) is 15.6. The number of rotatable bonds is 40. The van der Waals surface area contributed by atoms with Crippen molar-refractivity contribution in [3.63, 3.8) is 0 Å². The predicted octanol–water partition coefficient (Wildman–Crippen LogP) is 6.98. The van der Waals surface area contributed by atoms with E-state index >= 15 is 0 Å². The minimum absolute atomic E-state index is 0.00395. The highest BCUT2D eigenvalue weighted by Gasteiger charge is 2.45. The number of benzene rings is 5. The average molecular weight is 1530 g/mol. The van der Waals surface area contributed by atoms with Crippen molar-refractivity contribution < 1.29 is 81.0 Å². The summed E-state index contributed by atoms with van der Waals surface area (Å²) < 4.78 is 51.8. The van der Waals surface area contributed by atoms with E-state index in [1.165, 1.54) is 36.8 Å². The van der Waals surface area contributed by atoms with Crippen LogP contribution in [0, 0.1) is 5.92 Å². The molecule has 8 amide bonds. The molecule has 3 saturated heterocycles. The SMILES string of the molecule is C=C1C[C@@H](C2OCCN2C(=O)OCc2ccc(NC(=O)[C@H](C)NC(=O)[C@@H](NC(=O)CCOCCOCCOCCOCCNC(=O)CCN3C(=O)C=CC3=O)C(C)C)cc2)N(C(=O)c2cc(OC)c(OCCCCCOc3ccc(-c4nc5ccc(-c6nc7ccc(N8CCN(C)CC8)cc7[nH]6)cc5[nH]4)cc3)cc2N)C1. The summed E-state index contributed by atoms with van der Waals surface area (Å²) >= 11 is 0. The Bertz CT molecular complexity index is 4410. The monoisotopic (exact) mass is 1530 g/mol. The summed E-state index contributed by atoms with van der Waals surface area (Å²) in [7, 11) is 3.66. The number of fused-ring (bicyclic) bond motifs is 2. The molecule has 0 spiro atoms. The summed E-state index contributed by atoms with van der Waals surface area (Å²) in [6.45, 7) is 17.2. The Morgan fingerprint density at radius 1 is 0.658 bits per heavy atom. The number of H-pyrrole nitrogens is 2. The van der Waals surface area contributed by atoms with Crippen LogP contribution >= 0.6 is 0 Å². The number of ether oxygens (including phenoxy) is 9. The number of likely N-dealkylation sites (N-methyl/N-ethyl adjacent to an activating group) is 1. The van der Waals surface area contributed by atoms with Crippen LogP contribution in [0.1, 0.15) is 75.2 Å². The first-order chi connectivity index (χ1) is 53.7. The first-order valence-electron chi connectivity index (χ1n) is 37.7. The molecular formula is C80H100N14O17. The van der Waals surface area contributed by atoms with E-state index in [1.807, 2.05) is 36.4 Å². The molecule has 592 valence electrons. The van der Waals surface area contributed by atoms with Crippen LogP contribution < -0.4 is 46.1 Å². The maximum atomic E-state index is 14.5. The lowest BCUT2D eigenvalue weighted by molar-refractivity contribution is -0.137. The molecular weight excluding hydrogens is 1430 g/mol. The lowest BCUT2D eigenvalue weighted by Crippen LogP contribution is -2.53. The van der Waals surface area contributed by atoms with Crippen molar-refractivity contribution in [1.82, 2.24) is 55.5 Å². The van der Waals surface area contributed by atoms with Crippen molar-refractivity contribution in [2.24, 2.45) is 5.92 Å². The molecule has 4 aliphatic rings. The Hall–Kier alpha value is -11.0. The number of likely N-dealkylation sites (tertiary alicyclic amines) is 1. The summed E-state index contributed by atoms with van der Waals surface area (Å²) in [5, 5.41) is 10.9. The third-order valence-electron chi connectivity index (χ3n) is 19.4. The van der Waals surface area contributed by atoms with Gasteiger partial charge in [0.05, 0.1) is 120 Å². The van der Waals surface area contributed by atoms with E-state index < -0.39 is 65.9 Å². The molecule has 2 aromatic heterocycles. The van der Waals surface area contributed by atoms with Crippen molar-refractivity contribution in [2.75, 3.05) is 155 Å². The van der Waals surface area contributed by atoms with Gasteiger partial charge < -0.3 is 94.3 Å². The van der Waals surface area contributed by atoms with Gasteiger partial charge in [-0.1, -0.05) is 38.1 Å². The Morgan fingerprint density at radius 3 is 1.98 bits per heavy atom. The number of aromatic amines is 2. The Balaban J connectivity index is 0.541. The van der Waals surface area contributed by atoms with E-state index in [0.717, 1.165) is 107 Å². The molecule has 0 bridgehead atoms. The second-order valence-corrected chi connectivity index (χ2v) is 27.9. The third-order valence-corrected chi connectivity index (χ3v) is 19.4. The van der Waals surface area contributed by atoms with Crippen LogP contribution in [-0.4, -0.2) is 251 Å². The van der Waals surface area contributed by atoms with Gasteiger partial charge in [-0.2, -0.15) is 0 Å². The molecule has 7 aromatic rings. The van der Waals surface area contributed by atoms with Gasteiger partial charge >= 0.3 is 6.09 Å². The smallest absolute Gasteiger partial charge is 0.412 e. The van der Waals surface area contributed by atoms with Gasteiger partial charge in [-0.15, -0.1) is 0 Å². The lowest BCUT2D eigenvalue weighted by atomic mass is 10.0. The van der Waals surface area contributed by atoms with Crippen molar-refractivity contribution in [3.05, 3.63) is 132 Å². The number of methoxy groups -OCH3 is 1. The number of hydrogen-bond donors (Lipinski definition) is 7. The number of anilines is 3. The molecule has 31 nitrogen and oxygen atoms in total. The maximum Gasteiger partial charge on any atom is 0.412 e. The Kier molecular flexibility index (Phi) is 28.9. The molecule has 111 heavy (non-hydrogen) atoms. The number of amides is 8. The highest BCUT2D eigenvalue weighted by atomic mass is 16.6. The second kappa shape index (κ2) is 39.6. The van der Waals surface area contributed by atoms with E-state index in [-0.39, 0.29) is 102 Å². The standard InChI is InChI=1S/C80H100N14O17/c1-51(2)73(89-70(96)25-35-104-38-40-106-42-43-107-41-39-105-36-26-82-69(95)24-27-92-71(97)22-23-72(92)98)77(100)83-53(4)76(99)84-57-15-10-54(11-16-57)50-111-80(102)93-32-37-110-79(93)66-44-52(3)49-94(66)78(101)60-47-67(103-6)68(48-61(60)81)109-34-9-7-8-33-108-59-18-12-55(13-19-59)74-85-62-20-14-56(45-64(62)87-74)75-86-63-21-17-58(46-65(63)88-75)91-30-28-90(5)29-31-91/h10-23,45-48,51,53,66,73,79H,3,7-9,24-44,49-50,81H2,1-2,4-6H3,(H,82,95)(H,83,100)(H,84,99)(H,85,87)(H,86,88)(H,89,96)/t53-,66-,73-,79?/m0/s1. The lowest BCUT2D eigenvalue weighted by Gasteiger charge is -2.34. The molecule has 4 aliphatic heterocycles. The van der Waals surface area contributed by atoms with Crippen LogP contribution in [0.15, 0.2) is 121 Å². The van der Waals surface area contributed by atoms with Gasteiger partial charge in [0.15, 0.2) is 17.7 Å². The summed E-state index contributed by atoms with van der Waals surface area (Å²) in [5.74, 6) is -0.249. The van der Waals surface area contributed by atoms with Crippen molar-refractivity contribution >= 4 is 86.6 Å². The molecule has 5 aromatic carbocycles. The number of carbonyl (C=O) groups is 8. The fraction of sp³-hybridized carbons (Fsp3) is 0.450. The third kappa shape index (κ3) is 22.4. The molecule has 4 atom stereocenters. The number of piperazine rings is 1. The number of carbonyl (C=O) groups excluding carboxylic acids is 8. The molecule has 3 fully saturated rings. The summed E-state index contributed by atoms with van der Waals surface area (Å²) in [4.78, 5) is 129. The first kappa shape index (κ1) is 81.0. The van der Waals surface area contributed by atoms with E-state index in [1.54, 1.807) is 55.1 Å². The van der Waals surface area contributed by atoms with Crippen LogP contribution in [0.3, 0.4) is 0 Å². The zero-order chi connectivity index (χ0) is 78.3. The van der Waals surface area contributed by atoms with Gasteiger partial charge in [-0.3, -0.25) is 43.4 Å². The Morgan fingerprint density at radius 2 is 1.30 bits per heavy atom. The second-order valence-electron chi connectivity index (χ2n) is 27.9. The quantitative estimate of drug-likeness (QED) is 0.00881. The minimum Gasteiger partial charge on any atom is -0.494 e. The van der Waals surface area contributed by atoms with Crippen LogP contribution in [-0.2, 0) is 63.8 Å². The van der Waals surface area contributed by atoms with Gasteiger partial charge in [0.2, 0.25) is 23.6 Å². The number of nitrogen functional groups attached to an aromatic ring is 1. The average Bonchev–Trinajstić information content (AvgIpc) is 1.42. The van der Waals surface area contributed by atoms with Crippen molar-refractivity contribution in [2.45, 2.75) is 90.3 Å². The molecule has 0 aliphatic carbocycles. The van der Waals surface area contributed by atoms with Crippen molar-refractivity contribution in [3.8, 4) is 40.0 Å². The highest BCUT2D eigenvalue weighted by molar-refractivity contribution is 6.13. The fourth-order valence-electron chi connectivity index (χ4n) is 13.1. The molecule has 6 heterocycles. The van der Waals surface area contributed by atoms with Gasteiger partial charge in [-0.05, 0) is 130 Å².